The molecule has 0 saturated carbocycles. The first kappa shape index (κ1) is 23.1. The number of hydrogen-bond donors (Lipinski definition) is 0. The number of rotatable bonds is 8. The molecule has 0 aliphatic rings. The fourth-order valence-corrected chi connectivity index (χ4v) is 4.76. The molecule has 1 heterocycles. The minimum absolute atomic E-state index is 0.0646. The van der Waals surface area contributed by atoms with Gasteiger partial charge in [0.25, 0.3) is 15.9 Å². The number of hydrogen-bond acceptors (Lipinski definition) is 5. The molecule has 3 aromatic carbocycles. The van der Waals surface area contributed by atoms with Gasteiger partial charge in [0.05, 0.1) is 30.5 Å². The Morgan fingerprint density at radius 3 is 2.21 bits per heavy atom. The van der Waals surface area contributed by atoms with Crippen molar-refractivity contribution in [3.05, 3.63) is 109 Å². The third-order valence-electron chi connectivity index (χ3n) is 5.39. The zero-order valence-corrected chi connectivity index (χ0v) is 19.6. The summed E-state index contributed by atoms with van der Waals surface area (Å²) in [7, 11) is -0.915. The van der Waals surface area contributed by atoms with E-state index in [1.54, 1.807) is 47.6 Å². The first-order valence-corrected chi connectivity index (χ1v) is 12.0. The number of benzene rings is 3. The third-order valence-corrected chi connectivity index (χ3v) is 7.18. The largest absolute Gasteiger partial charge is 0.495 e. The highest BCUT2D eigenvalue weighted by molar-refractivity contribution is 7.92. The molecule has 8 heteroatoms. The van der Waals surface area contributed by atoms with Crippen LogP contribution in [0.1, 0.15) is 16.1 Å². The number of nitrogens with zero attached hydrogens (tertiary/aromatic N) is 2. The highest BCUT2D eigenvalue weighted by atomic mass is 32.2. The van der Waals surface area contributed by atoms with Crippen LogP contribution in [0.4, 0.5) is 11.4 Å². The molecule has 0 aliphatic carbocycles. The van der Waals surface area contributed by atoms with E-state index in [9.17, 15) is 13.2 Å². The number of ether oxygens (including phenoxy) is 1. The molecular weight excluding hydrogens is 452 g/mol. The van der Waals surface area contributed by atoms with Crippen molar-refractivity contribution in [1.29, 1.82) is 0 Å². The SMILES string of the molecule is COc1ccccc1N(C)S(=O)(=O)c1ccc(C(=O)N(Cc2ccco2)c2ccccc2)cc1. The number of sulfonamides is 1. The fourth-order valence-electron chi connectivity index (χ4n) is 3.55. The minimum atomic E-state index is -3.87. The first-order chi connectivity index (χ1) is 16.4. The first-order valence-electron chi connectivity index (χ1n) is 10.5. The Morgan fingerprint density at radius 2 is 1.56 bits per heavy atom. The van der Waals surface area contributed by atoms with Crippen LogP contribution in [0.5, 0.6) is 5.75 Å². The van der Waals surface area contributed by atoms with Crippen LogP contribution in [0.25, 0.3) is 0 Å². The molecular formula is C26H24N2O5S. The van der Waals surface area contributed by atoms with Gasteiger partial charge in [-0.2, -0.15) is 0 Å². The number of carbonyl (C=O) groups is 1. The van der Waals surface area contributed by atoms with Crippen molar-refractivity contribution in [1.82, 2.24) is 0 Å². The molecule has 0 atom stereocenters. The van der Waals surface area contributed by atoms with E-state index in [1.807, 2.05) is 30.3 Å². The molecule has 7 nitrogen and oxygen atoms in total. The Bertz CT molecular complexity index is 1350. The van der Waals surface area contributed by atoms with Gasteiger partial charge in [-0.3, -0.25) is 9.10 Å². The Kier molecular flexibility index (Phi) is 6.70. The quantitative estimate of drug-likeness (QED) is 0.359. The van der Waals surface area contributed by atoms with Crippen LogP contribution in [0.2, 0.25) is 0 Å². The van der Waals surface area contributed by atoms with Gasteiger partial charge in [-0.1, -0.05) is 30.3 Å². The van der Waals surface area contributed by atoms with Crippen LogP contribution in [-0.2, 0) is 16.6 Å². The van der Waals surface area contributed by atoms with Crippen molar-refractivity contribution in [3.63, 3.8) is 0 Å². The molecule has 0 aliphatic heterocycles. The lowest BCUT2D eigenvalue weighted by Crippen LogP contribution is -2.30. The molecule has 34 heavy (non-hydrogen) atoms. The zero-order chi connectivity index (χ0) is 24.1. The van der Waals surface area contributed by atoms with Crippen molar-refractivity contribution in [3.8, 4) is 5.75 Å². The number of methoxy groups -OCH3 is 1. The van der Waals surface area contributed by atoms with Gasteiger partial charge in [-0.05, 0) is 60.7 Å². The maximum Gasteiger partial charge on any atom is 0.264 e. The molecule has 0 radical (unpaired) electrons. The van der Waals surface area contributed by atoms with Crippen LogP contribution in [0.3, 0.4) is 0 Å². The Hall–Kier alpha value is -4.04. The van der Waals surface area contributed by atoms with Crippen LogP contribution in [0.15, 0.2) is 107 Å². The fraction of sp³-hybridized carbons (Fsp3) is 0.115. The van der Waals surface area contributed by atoms with E-state index in [0.717, 1.165) is 4.31 Å². The van der Waals surface area contributed by atoms with Crippen molar-refractivity contribution in [2.24, 2.45) is 0 Å². The predicted octanol–water partition coefficient (Wildman–Crippen LogP) is 4.96. The maximum atomic E-state index is 13.4. The van der Waals surface area contributed by atoms with E-state index in [-0.39, 0.29) is 17.3 Å². The average Bonchev–Trinajstić information content (AvgIpc) is 3.40. The average molecular weight is 477 g/mol. The molecule has 4 rings (SSSR count). The smallest absolute Gasteiger partial charge is 0.264 e. The van der Waals surface area contributed by atoms with Crippen LogP contribution < -0.4 is 13.9 Å². The van der Waals surface area contributed by atoms with E-state index in [0.29, 0.717) is 28.4 Å². The van der Waals surface area contributed by atoms with Gasteiger partial charge in [-0.15, -0.1) is 0 Å². The van der Waals surface area contributed by atoms with Crippen molar-refractivity contribution in [2.45, 2.75) is 11.4 Å². The molecule has 0 N–H and O–H groups in total. The standard InChI is InChI=1S/C26H24N2O5S/c1-27(24-12-6-7-13-25(24)32-2)34(30,31)23-16-14-20(15-17-23)26(29)28(19-22-11-8-18-33-22)21-9-4-3-5-10-21/h3-18H,19H2,1-2H3. The lowest BCUT2D eigenvalue weighted by atomic mass is 10.1. The summed E-state index contributed by atoms with van der Waals surface area (Å²) in [6.45, 7) is 0.242. The minimum Gasteiger partial charge on any atom is -0.495 e. The molecule has 0 saturated heterocycles. The normalized spacial score (nSPS) is 11.1. The van der Waals surface area contributed by atoms with Crippen molar-refractivity contribution < 1.29 is 22.4 Å². The maximum absolute atomic E-state index is 13.4. The lowest BCUT2D eigenvalue weighted by molar-refractivity contribution is 0.0983. The van der Waals surface area contributed by atoms with E-state index >= 15 is 0 Å². The summed E-state index contributed by atoms with van der Waals surface area (Å²) in [4.78, 5) is 15.0. The number of para-hydroxylation sites is 3. The number of furan rings is 1. The van der Waals surface area contributed by atoms with Crippen LogP contribution in [0, 0.1) is 0 Å². The van der Waals surface area contributed by atoms with Crippen molar-refractivity contribution in [2.75, 3.05) is 23.4 Å². The molecule has 0 spiro atoms. The molecule has 1 aromatic heterocycles. The number of amides is 1. The lowest BCUT2D eigenvalue weighted by Gasteiger charge is -2.23. The van der Waals surface area contributed by atoms with Gasteiger partial charge in [-0.25, -0.2) is 8.42 Å². The van der Waals surface area contributed by atoms with Gasteiger partial charge in [0.15, 0.2) is 0 Å². The van der Waals surface area contributed by atoms with E-state index < -0.39 is 10.0 Å². The topological polar surface area (TPSA) is 80.1 Å². The number of carbonyl (C=O) groups excluding carboxylic acids is 1. The summed E-state index contributed by atoms with van der Waals surface area (Å²) >= 11 is 0. The van der Waals surface area contributed by atoms with Crippen molar-refractivity contribution >= 4 is 27.3 Å². The van der Waals surface area contributed by atoms with E-state index in [2.05, 4.69) is 0 Å². The molecule has 0 bridgehead atoms. The highest BCUT2D eigenvalue weighted by Gasteiger charge is 2.25. The number of anilines is 2. The summed E-state index contributed by atoms with van der Waals surface area (Å²) in [5.41, 5.74) is 1.48. The summed E-state index contributed by atoms with van der Waals surface area (Å²) in [6.07, 6.45) is 1.56. The molecule has 0 fully saturated rings. The third kappa shape index (κ3) is 4.67. The van der Waals surface area contributed by atoms with E-state index in [4.69, 9.17) is 9.15 Å². The molecule has 174 valence electrons. The molecule has 0 unspecified atom stereocenters. The summed E-state index contributed by atoms with van der Waals surface area (Å²) in [6, 6.07) is 25.6. The van der Waals surface area contributed by atoms with Crippen LogP contribution in [-0.4, -0.2) is 28.5 Å². The van der Waals surface area contributed by atoms with Gasteiger partial charge >= 0.3 is 0 Å². The highest BCUT2D eigenvalue weighted by Crippen LogP contribution is 2.31. The second kappa shape index (κ2) is 9.84. The van der Waals surface area contributed by atoms with E-state index in [1.165, 1.54) is 38.4 Å². The second-order valence-electron chi connectivity index (χ2n) is 7.47. The summed E-state index contributed by atoms with van der Waals surface area (Å²) in [5, 5.41) is 0. The zero-order valence-electron chi connectivity index (χ0n) is 18.8. The molecule has 4 aromatic rings. The van der Waals surface area contributed by atoms with Gasteiger partial charge in [0.2, 0.25) is 0 Å². The van der Waals surface area contributed by atoms with Gasteiger partial charge < -0.3 is 14.1 Å². The Balaban J connectivity index is 1.62. The molecule has 1 amide bonds. The van der Waals surface area contributed by atoms with Gasteiger partial charge in [0, 0.05) is 18.3 Å². The predicted molar refractivity (Wildman–Crippen MR) is 131 cm³/mol. The summed E-state index contributed by atoms with van der Waals surface area (Å²) < 4.78 is 38.3. The van der Waals surface area contributed by atoms with Gasteiger partial charge in [0.1, 0.15) is 11.5 Å². The second-order valence-corrected chi connectivity index (χ2v) is 9.44. The Labute approximate surface area is 198 Å². The Morgan fingerprint density at radius 1 is 0.882 bits per heavy atom. The monoisotopic (exact) mass is 476 g/mol. The van der Waals surface area contributed by atoms with Crippen LogP contribution >= 0.6 is 0 Å². The summed E-state index contributed by atoms with van der Waals surface area (Å²) in [5.74, 6) is 0.802.